The summed E-state index contributed by atoms with van der Waals surface area (Å²) in [6.45, 7) is 0. The predicted molar refractivity (Wildman–Crippen MR) is 240 cm³/mol. The molecule has 0 saturated heterocycles. The molecule has 55 heavy (non-hydrogen) atoms. The van der Waals surface area contributed by atoms with Crippen molar-refractivity contribution in [2.45, 2.75) is 7.43 Å². The first kappa shape index (κ1) is 33.6. The van der Waals surface area contributed by atoms with Crippen molar-refractivity contribution in [1.29, 1.82) is 0 Å². The number of fused-ring (bicyclic) bond motifs is 16. The minimum absolute atomic E-state index is 0. The van der Waals surface area contributed by atoms with Crippen LogP contribution in [0.4, 0.5) is 0 Å². The number of benzene rings is 8. The molecule has 2 aliphatic heterocycles. The maximum absolute atomic E-state index is 9.75. The summed E-state index contributed by atoms with van der Waals surface area (Å²) in [5, 5.41) is 24.6. The van der Waals surface area contributed by atoms with Gasteiger partial charge in [-0.3, -0.25) is 0 Å². The first-order chi connectivity index (χ1) is 26.6. The number of nitrogens with zero attached hydrogens (tertiary/aromatic N) is 2. The van der Waals surface area contributed by atoms with Gasteiger partial charge in [-0.05, 0) is 86.7 Å². The van der Waals surface area contributed by atoms with Gasteiger partial charge in [0.25, 0.3) is 0 Å². The summed E-state index contributed by atoms with van der Waals surface area (Å²) >= 11 is 2.41. The summed E-state index contributed by atoms with van der Waals surface area (Å²) < 4.78 is 6.02. The zero-order valence-electron chi connectivity index (χ0n) is 28.9. The highest BCUT2D eigenvalue weighted by molar-refractivity contribution is 14.1. The van der Waals surface area contributed by atoms with E-state index >= 15 is 0 Å². The summed E-state index contributed by atoms with van der Waals surface area (Å²) in [4.78, 5) is 0. The number of hydrogen-bond donors (Lipinski definition) is 2. The quantitative estimate of drug-likeness (QED) is 0.128. The lowest BCUT2D eigenvalue weighted by Crippen LogP contribution is -2.29. The number of hydrogen-bond acceptors (Lipinski definition) is 2. The lowest BCUT2D eigenvalue weighted by atomic mass is 9.78. The van der Waals surface area contributed by atoms with E-state index in [-0.39, 0.29) is 7.43 Å². The molecule has 2 aromatic heterocycles. The molecule has 0 saturated carbocycles. The molecule has 6 heteroatoms. The zero-order valence-corrected chi connectivity index (χ0v) is 31.1. The molecule has 0 radical (unpaired) electrons. The van der Waals surface area contributed by atoms with Crippen LogP contribution >= 0.6 is 22.6 Å². The van der Waals surface area contributed by atoms with Crippen LogP contribution in [0.3, 0.4) is 0 Å². The van der Waals surface area contributed by atoms with Crippen LogP contribution in [-0.4, -0.2) is 26.3 Å². The molecule has 0 amide bonds. The average Bonchev–Trinajstić information content (AvgIpc) is 3.65. The van der Waals surface area contributed by atoms with Gasteiger partial charge in [-0.15, -0.1) is 0 Å². The second-order valence-corrected chi connectivity index (χ2v) is 15.3. The maximum atomic E-state index is 9.75. The van der Waals surface area contributed by atoms with E-state index in [0.29, 0.717) is 5.46 Å². The van der Waals surface area contributed by atoms with E-state index in [9.17, 15) is 10.0 Å². The Morgan fingerprint density at radius 2 is 0.782 bits per heavy atom. The van der Waals surface area contributed by atoms with Gasteiger partial charge in [-0.25, -0.2) is 0 Å². The van der Waals surface area contributed by atoms with Crippen molar-refractivity contribution >= 4 is 78.8 Å². The molecule has 2 aliphatic rings. The lowest BCUT2D eigenvalue weighted by molar-refractivity contribution is 0.426. The predicted octanol–water partition coefficient (Wildman–Crippen LogP) is 11.8. The van der Waals surface area contributed by atoms with Crippen molar-refractivity contribution in [1.82, 2.24) is 9.13 Å². The van der Waals surface area contributed by atoms with E-state index in [2.05, 4.69) is 177 Å². The maximum Gasteiger partial charge on any atom is 0.488 e. The zero-order chi connectivity index (χ0) is 36.1. The van der Waals surface area contributed by atoms with E-state index in [1.54, 1.807) is 6.07 Å². The fourth-order valence-electron chi connectivity index (χ4n) is 8.92. The minimum atomic E-state index is -1.50. The first-order valence-electron chi connectivity index (χ1n) is 18.1. The van der Waals surface area contributed by atoms with Gasteiger partial charge >= 0.3 is 7.12 Å². The highest BCUT2D eigenvalue weighted by Crippen LogP contribution is 2.48. The van der Waals surface area contributed by atoms with Gasteiger partial charge < -0.3 is 19.2 Å². The Kier molecular flexibility index (Phi) is 7.85. The van der Waals surface area contributed by atoms with Crippen molar-refractivity contribution in [3.8, 4) is 55.9 Å². The van der Waals surface area contributed by atoms with E-state index < -0.39 is 7.12 Å². The Labute approximate surface area is 332 Å². The molecule has 0 atom stereocenters. The summed E-state index contributed by atoms with van der Waals surface area (Å²) in [5.41, 5.74) is 17.4. The normalized spacial score (nSPS) is 11.8. The van der Waals surface area contributed by atoms with Gasteiger partial charge in [-0.1, -0.05) is 141 Å². The molecular formula is C49H34BIN2O2. The van der Waals surface area contributed by atoms with Crippen LogP contribution < -0.4 is 5.46 Å². The Morgan fingerprint density at radius 1 is 0.382 bits per heavy atom. The molecule has 4 heterocycles. The Morgan fingerprint density at radius 3 is 1.29 bits per heavy atom. The third kappa shape index (κ3) is 4.92. The molecule has 0 fully saturated rings. The van der Waals surface area contributed by atoms with Crippen molar-refractivity contribution in [2.24, 2.45) is 0 Å². The molecule has 262 valence electrons. The van der Waals surface area contributed by atoms with E-state index in [1.807, 2.05) is 18.2 Å². The number of para-hydroxylation sites is 4. The summed E-state index contributed by atoms with van der Waals surface area (Å²) in [5.74, 6) is 0. The van der Waals surface area contributed by atoms with Crippen LogP contribution in [0, 0.1) is 3.57 Å². The fourth-order valence-corrected chi connectivity index (χ4v) is 9.41. The second-order valence-electron chi connectivity index (χ2n) is 14.0. The molecule has 12 rings (SSSR count). The number of halogens is 1. The minimum Gasteiger partial charge on any atom is -0.423 e. The molecule has 0 bridgehead atoms. The van der Waals surface area contributed by atoms with Crippen molar-refractivity contribution in [3.05, 3.63) is 173 Å². The first-order valence-corrected chi connectivity index (χ1v) is 19.2. The van der Waals surface area contributed by atoms with Gasteiger partial charge in [0, 0.05) is 47.4 Å². The highest BCUT2D eigenvalue weighted by Gasteiger charge is 2.26. The van der Waals surface area contributed by atoms with E-state index in [1.165, 1.54) is 75.2 Å². The van der Waals surface area contributed by atoms with Crippen LogP contribution in [0.2, 0.25) is 0 Å². The van der Waals surface area contributed by atoms with Crippen LogP contribution in [0.5, 0.6) is 0 Å². The van der Waals surface area contributed by atoms with Gasteiger partial charge in [0.1, 0.15) is 0 Å². The van der Waals surface area contributed by atoms with Gasteiger partial charge in [0.2, 0.25) is 0 Å². The van der Waals surface area contributed by atoms with Crippen LogP contribution in [0.25, 0.3) is 99.5 Å². The SMILES string of the molecule is C.Ic1ccc2c(c1)-c1ccccc1-c1cccc3c4ccccc4n-2c13.OB(O)c1ccc2c(c1)-c1ccccc1-c1cccc3c4ccccc4n-2c13. The second kappa shape index (κ2) is 12.8. The Hall–Kier alpha value is -5.93. The van der Waals surface area contributed by atoms with Gasteiger partial charge in [-0.2, -0.15) is 0 Å². The number of aromatic nitrogens is 2. The lowest BCUT2D eigenvalue weighted by Gasteiger charge is -2.14. The van der Waals surface area contributed by atoms with Crippen LogP contribution in [-0.2, 0) is 0 Å². The van der Waals surface area contributed by atoms with Crippen LogP contribution in [0.1, 0.15) is 7.43 Å². The van der Waals surface area contributed by atoms with E-state index in [0.717, 1.165) is 27.9 Å². The topological polar surface area (TPSA) is 50.3 Å². The smallest absolute Gasteiger partial charge is 0.423 e. The number of rotatable bonds is 1. The largest absolute Gasteiger partial charge is 0.488 e. The molecule has 4 nitrogen and oxygen atoms in total. The highest BCUT2D eigenvalue weighted by atomic mass is 127. The Bertz CT molecular complexity index is 3180. The molecule has 10 aromatic rings. The molecule has 0 unspecified atom stereocenters. The third-order valence-corrected chi connectivity index (χ3v) is 11.8. The van der Waals surface area contributed by atoms with Crippen molar-refractivity contribution < 1.29 is 10.0 Å². The molecule has 0 aliphatic carbocycles. The van der Waals surface area contributed by atoms with Gasteiger partial charge in [0.15, 0.2) is 0 Å². The molecule has 0 spiro atoms. The summed E-state index contributed by atoms with van der Waals surface area (Å²) in [6.07, 6.45) is 0. The van der Waals surface area contributed by atoms with Crippen molar-refractivity contribution in [2.75, 3.05) is 0 Å². The van der Waals surface area contributed by atoms with E-state index in [4.69, 9.17) is 0 Å². The van der Waals surface area contributed by atoms with Gasteiger partial charge in [0.05, 0.1) is 33.4 Å². The standard InChI is InChI=1S/C24H16BNO2.C24H14IN.CH4/c27-25(28)15-12-13-23-21(14-15)17-7-2-1-6-16(17)19-9-5-10-20-18-8-3-4-11-22(18)26(23)24(19)20;25-15-12-13-23-21(14-15)17-7-2-1-6-16(17)19-9-5-10-20-18-8-3-4-11-22(18)26(23)24(19)20;/h1-14,27-28H;1-14H;1H4. The monoisotopic (exact) mass is 820 g/mol. The van der Waals surface area contributed by atoms with Crippen molar-refractivity contribution in [3.63, 3.8) is 0 Å². The fraction of sp³-hybridized carbons (Fsp3) is 0.0204. The summed E-state index contributed by atoms with van der Waals surface area (Å²) in [6, 6.07) is 59.9. The molecule has 8 aromatic carbocycles. The van der Waals surface area contributed by atoms with Crippen LogP contribution in [0.15, 0.2) is 170 Å². The Balaban J connectivity index is 0.000000133. The third-order valence-electron chi connectivity index (χ3n) is 11.2. The molecular weight excluding hydrogens is 786 g/mol. The average molecular weight is 821 g/mol. The molecule has 2 N–H and O–H groups in total. The summed E-state index contributed by atoms with van der Waals surface area (Å²) in [7, 11) is -1.50.